The molecule has 1 heterocycles. The smallest absolute Gasteiger partial charge is 0.249 e. The molecule has 1 aliphatic rings. The lowest BCUT2D eigenvalue weighted by Gasteiger charge is -2.13. The van der Waals surface area contributed by atoms with Crippen molar-refractivity contribution in [1.82, 2.24) is 5.32 Å². The minimum Gasteiger partial charge on any atom is -0.372 e. The van der Waals surface area contributed by atoms with E-state index in [2.05, 4.69) is 26.6 Å². The molecule has 1 aromatic rings. The van der Waals surface area contributed by atoms with E-state index in [1.54, 1.807) is 12.1 Å². The maximum Gasteiger partial charge on any atom is 0.249 e. The third-order valence-corrected chi connectivity index (χ3v) is 4.10. The summed E-state index contributed by atoms with van der Waals surface area (Å²) in [6, 6.07) is 2.80. The first kappa shape index (κ1) is 12.7. The summed E-state index contributed by atoms with van der Waals surface area (Å²) >= 11 is 15.2. The molecule has 1 aromatic carbocycles. The van der Waals surface area contributed by atoms with E-state index < -0.39 is 6.04 Å². The Hall–Kier alpha value is -0.780. The Morgan fingerprint density at radius 2 is 2.00 bits per heavy atom. The third kappa shape index (κ3) is 2.56. The van der Waals surface area contributed by atoms with Crippen molar-refractivity contribution < 1.29 is 9.59 Å². The highest BCUT2D eigenvalue weighted by molar-refractivity contribution is 9.10. The molecule has 0 saturated carbocycles. The first-order valence-corrected chi connectivity index (χ1v) is 6.27. The lowest BCUT2D eigenvalue weighted by atomic mass is 10.2. The summed E-state index contributed by atoms with van der Waals surface area (Å²) in [6.45, 7) is 0. The van der Waals surface area contributed by atoms with Crippen LogP contribution in [0.2, 0.25) is 10.0 Å². The Morgan fingerprint density at radius 1 is 1.29 bits per heavy atom. The maximum absolute atomic E-state index is 11.4. The number of halogens is 3. The molecule has 1 unspecified atom stereocenters. The van der Waals surface area contributed by atoms with Crippen molar-refractivity contribution in [3.05, 3.63) is 26.7 Å². The summed E-state index contributed by atoms with van der Waals surface area (Å²) < 4.78 is 0.668. The van der Waals surface area contributed by atoms with Crippen LogP contribution in [0, 0.1) is 0 Å². The lowest BCUT2D eigenvalue weighted by Crippen LogP contribution is -2.30. The van der Waals surface area contributed by atoms with Gasteiger partial charge < -0.3 is 5.32 Å². The molecule has 2 amide bonds. The fourth-order valence-corrected chi connectivity index (χ4v) is 2.32. The molecule has 2 N–H and O–H groups in total. The largest absolute Gasteiger partial charge is 0.372 e. The van der Waals surface area contributed by atoms with Crippen molar-refractivity contribution in [1.29, 1.82) is 0 Å². The molecule has 1 atom stereocenters. The number of benzene rings is 1. The highest BCUT2D eigenvalue weighted by atomic mass is 79.9. The van der Waals surface area contributed by atoms with Crippen LogP contribution >= 0.6 is 39.1 Å². The van der Waals surface area contributed by atoms with Crippen molar-refractivity contribution >= 4 is 56.6 Å². The van der Waals surface area contributed by atoms with Crippen LogP contribution in [0.5, 0.6) is 0 Å². The number of carbonyl (C=O) groups is 2. The monoisotopic (exact) mass is 336 g/mol. The first-order chi connectivity index (χ1) is 7.99. The van der Waals surface area contributed by atoms with E-state index in [0.717, 1.165) is 0 Å². The van der Waals surface area contributed by atoms with Gasteiger partial charge in [-0.15, -0.1) is 0 Å². The first-order valence-electron chi connectivity index (χ1n) is 4.73. The standard InChI is InChI=1S/C10H7BrCl2N2O2/c11-4-1-2-5(9(13)8(4)12)14-6-3-7(16)15-10(6)17/h1-2,6,14H,3H2,(H,15,16,17). The van der Waals surface area contributed by atoms with Gasteiger partial charge in [-0.3, -0.25) is 14.9 Å². The molecule has 1 aliphatic heterocycles. The van der Waals surface area contributed by atoms with Crippen LogP contribution in [0.4, 0.5) is 5.69 Å². The van der Waals surface area contributed by atoms with Gasteiger partial charge >= 0.3 is 0 Å². The van der Waals surface area contributed by atoms with E-state index in [4.69, 9.17) is 23.2 Å². The van der Waals surface area contributed by atoms with Crippen LogP contribution in [0.1, 0.15) is 6.42 Å². The Kier molecular flexibility index (Phi) is 3.61. The molecule has 0 radical (unpaired) electrons. The number of anilines is 1. The minimum atomic E-state index is -0.600. The molecule has 90 valence electrons. The van der Waals surface area contributed by atoms with Gasteiger partial charge in [-0.25, -0.2) is 0 Å². The van der Waals surface area contributed by atoms with Crippen molar-refractivity contribution in [3.63, 3.8) is 0 Å². The van der Waals surface area contributed by atoms with Gasteiger partial charge in [0.1, 0.15) is 6.04 Å². The van der Waals surface area contributed by atoms with Gasteiger partial charge in [0.05, 0.1) is 22.2 Å². The summed E-state index contributed by atoms with van der Waals surface area (Å²) in [4.78, 5) is 22.4. The van der Waals surface area contributed by atoms with Crippen molar-refractivity contribution in [3.8, 4) is 0 Å². The van der Waals surface area contributed by atoms with E-state index in [-0.39, 0.29) is 18.2 Å². The van der Waals surface area contributed by atoms with E-state index in [9.17, 15) is 9.59 Å². The summed E-state index contributed by atoms with van der Waals surface area (Å²) in [6.07, 6.45) is 0.100. The molecule has 17 heavy (non-hydrogen) atoms. The maximum atomic E-state index is 11.4. The second-order valence-corrected chi connectivity index (χ2v) is 5.15. The van der Waals surface area contributed by atoms with Crippen LogP contribution in [0.25, 0.3) is 0 Å². The molecular weight excluding hydrogens is 331 g/mol. The molecular formula is C10H7BrCl2N2O2. The van der Waals surface area contributed by atoms with Crippen LogP contribution in [-0.4, -0.2) is 17.9 Å². The van der Waals surface area contributed by atoms with Gasteiger partial charge in [0.15, 0.2) is 0 Å². The zero-order chi connectivity index (χ0) is 12.6. The predicted molar refractivity (Wildman–Crippen MR) is 69.3 cm³/mol. The SMILES string of the molecule is O=C1CC(Nc2ccc(Br)c(Cl)c2Cl)C(=O)N1. The second-order valence-electron chi connectivity index (χ2n) is 3.54. The number of carbonyl (C=O) groups excluding carboxylic acids is 2. The second kappa shape index (κ2) is 4.84. The number of amides is 2. The molecule has 4 nitrogen and oxygen atoms in total. The normalized spacial score (nSPS) is 19.4. The number of imide groups is 1. The van der Waals surface area contributed by atoms with Gasteiger partial charge in [-0.2, -0.15) is 0 Å². The lowest BCUT2D eigenvalue weighted by molar-refractivity contribution is -0.124. The highest BCUT2D eigenvalue weighted by Crippen LogP contribution is 2.36. The van der Waals surface area contributed by atoms with Crippen molar-refractivity contribution in [2.45, 2.75) is 12.5 Å². The van der Waals surface area contributed by atoms with Crippen LogP contribution < -0.4 is 10.6 Å². The molecule has 0 bridgehead atoms. The molecule has 1 saturated heterocycles. The Labute approximate surface area is 116 Å². The van der Waals surface area contributed by atoms with Crippen LogP contribution in [0.3, 0.4) is 0 Å². The molecule has 7 heteroatoms. The molecule has 0 aromatic heterocycles. The van der Waals surface area contributed by atoms with Gasteiger partial charge in [-0.05, 0) is 28.1 Å². The van der Waals surface area contributed by atoms with Gasteiger partial charge in [-0.1, -0.05) is 23.2 Å². The van der Waals surface area contributed by atoms with E-state index in [1.165, 1.54) is 0 Å². The third-order valence-electron chi connectivity index (χ3n) is 2.33. The molecule has 2 rings (SSSR count). The van der Waals surface area contributed by atoms with E-state index in [1.807, 2.05) is 0 Å². The van der Waals surface area contributed by atoms with E-state index in [0.29, 0.717) is 20.2 Å². The van der Waals surface area contributed by atoms with Crippen LogP contribution in [0.15, 0.2) is 16.6 Å². The highest BCUT2D eigenvalue weighted by Gasteiger charge is 2.30. The quantitative estimate of drug-likeness (QED) is 0.644. The number of hydrogen-bond acceptors (Lipinski definition) is 3. The van der Waals surface area contributed by atoms with E-state index >= 15 is 0 Å². The zero-order valence-electron chi connectivity index (χ0n) is 8.39. The van der Waals surface area contributed by atoms with Crippen LogP contribution in [-0.2, 0) is 9.59 Å². The topological polar surface area (TPSA) is 58.2 Å². The fraction of sp³-hybridized carbons (Fsp3) is 0.200. The zero-order valence-corrected chi connectivity index (χ0v) is 11.5. The summed E-state index contributed by atoms with van der Waals surface area (Å²) in [7, 11) is 0. The van der Waals surface area contributed by atoms with Gasteiger partial charge in [0.25, 0.3) is 0 Å². The summed E-state index contributed by atoms with van der Waals surface area (Å²) in [5.74, 6) is -0.656. The van der Waals surface area contributed by atoms with Crippen molar-refractivity contribution in [2.75, 3.05) is 5.32 Å². The molecule has 1 fully saturated rings. The minimum absolute atomic E-state index is 0.100. The van der Waals surface area contributed by atoms with Gasteiger partial charge in [0, 0.05) is 4.47 Å². The molecule has 0 spiro atoms. The summed E-state index contributed by atoms with van der Waals surface area (Å²) in [5, 5.41) is 5.77. The Bertz CT molecular complexity index is 507. The Morgan fingerprint density at radius 3 is 2.59 bits per heavy atom. The Balaban J connectivity index is 2.22. The number of nitrogens with one attached hydrogen (secondary N) is 2. The average molecular weight is 338 g/mol. The van der Waals surface area contributed by atoms with Crippen molar-refractivity contribution in [2.24, 2.45) is 0 Å². The summed E-state index contributed by atoms with van der Waals surface area (Å²) in [5.41, 5.74) is 0.523. The number of hydrogen-bond donors (Lipinski definition) is 2. The molecule has 0 aliphatic carbocycles. The number of rotatable bonds is 2. The predicted octanol–water partition coefficient (Wildman–Crippen LogP) is 2.58. The fourth-order valence-electron chi connectivity index (χ4n) is 1.50. The van der Waals surface area contributed by atoms with Gasteiger partial charge in [0.2, 0.25) is 11.8 Å². The average Bonchev–Trinajstić information content (AvgIpc) is 2.58.